The quantitative estimate of drug-likeness (QED) is 0.771. The van der Waals surface area contributed by atoms with Crippen LogP contribution >= 0.6 is 11.8 Å². The summed E-state index contributed by atoms with van der Waals surface area (Å²) in [5.74, 6) is 0.859. The normalized spacial score (nSPS) is 12.8. The standard InChI is InChI=1S/C12H18FNS/c1-4-8-15-12-10(9(2)14-3)6-5-7-11(12)13/h5-7,9,14H,4,8H2,1-3H3. The zero-order valence-corrected chi connectivity index (χ0v) is 10.3. The van der Waals surface area contributed by atoms with Gasteiger partial charge in [-0.3, -0.25) is 0 Å². The molecule has 1 N–H and O–H groups in total. The van der Waals surface area contributed by atoms with E-state index >= 15 is 0 Å². The molecule has 0 aliphatic carbocycles. The van der Waals surface area contributed by atoms with Gasteiger partial charge in [0.1, 0.15) is 5.82 Å². The molecule has 0 aliphatic rings. The highest BCUT2D eigenvalue weighted by Crippen LogP contribution is 2.30. The number of hydrogen-bond donors (Lipinski definition) is 1. The SMILES string of the molecule is CCCSc1c(F)cccc1C(C)NC. The molecule has 15 heavy (non-hydrogen) atoms. The smallest absolute Gasteiger partial charge is 0.137 e. The number of halogens is 1. The maximum atomic E-state index is 13.6. The van der Waals surface area contributed by atoms with Crippen molar-refractivity contribution in [3.63, 3.8) is 0 Å². The van der Waals surface area contributed by atoms with Gasteiger partial charge < -0.3 is 5.32 Å². The Morgan fingerprint density at radius 3 is 2.80 bits per heavy atom. The maximum Gasteiger partial charge on any atom is 0.137 e. The molecule has 1 unspecified atom stereocenters. The zero-order chi connectivity index (χ0) is 11.3. The molecule has 0 amide bonds. The fraction of sp³-hybridized carbons (Fsp3) is 0.500. The summed E-state index contributed by atoms with van der Waals surface area (Å²) in [6.45, 7) is 4.15. The van der Waals surface area contributed by atoms with E-state index in [1.165, 1.54) is 6.07 Å². The Bertz CT molecular complexity index is 314. The molecule has 1 nitrogen and oxygen atoms in total. The van der Waals surface area contributed by atoms with Gasteiger partial charge in [-0.05, 0) is 37.8 Å². The van der Waals surface area contributed by atoms with Crippen LogP contribution in [0.15, 0.2) is 23.1 Å². The molecule has 3 heteroatoms. The van der Waals surface area contributed by atoms with Crippen LogP contribution in [-0.2, 0) is 0 Å². The molecule has 0 heterocycles. The third kappa shape index (κ3) is 3.21. The highest BCUT2D eigenvalue weighted by atomic mass is 32.2. The van der Waals surface area contributed by atoms with Crippen molar-refractivity contribution >= 4 is 11.8 Å². The third-order valence-corrected chi connectivity index (χ3v) is 3.68. The van der Waals surface area contributed by atoms with Crippen molar-refractivity contribution in [1.29, 1.82) is 0 Å². The van der Waals surface area contributed by atoms with Crippen LogP contribution in [0, 0.1) is 5.82 Å². The van der Waals surface area contributed by atoms with Crippen LogP contribution in [0.4, 0.5) is 4.39 Å². The van der Waals surface area contributed by atoms with Crippen molar-refractivity contribution in [2.75, 3.05) is 12.8 Å². The van der Waals surface area contributed by atoms with Crippen LogP contribution in [0.2, 0.25) is 0 Å². The van der Waals surface area contributed by atoms with Gasteiger partial charge in [0.15, 0.2) is 0 Å². The van der Waals surface area contributed by atoms with Crippen LogP contribution in [0.1, 0.15) is 31.9 Å². The van der Waals surface area contributed by atoms with E-state index in [-0.39, 0.29) is 11.9 Å². The molecular weight excluding hydrogens is 209 g/mol. The minimum atomic E-state index is -0.104. The topological polar surface area (TPSA) is 12.0 Å². The second-order valence-corrected chi connectivity index (χ2v) is 4.62. The summed E-state index contributed by atoms with van der Waals surface area (Å²) in [6.07, 6.45) is 1.06. The summed E-state index contributed by atoms with van der Waals surface area (Å²) >= 11 is 1.60. The first-order valence-electron chi connectivity index (χ1n) is 5.29. The van der Waals surface area contributed by atoms with E-state index in [1.54, 1.807) is 17.8 Å². The van der Waals surface area contributed by atoms with Crippen LogP contribution in [0.3, 0.4) is 0 Å². The molecule has 1 rings (SSSR count). The molecule has 0 bridgehead atoms. The Hall–Kier alpha value is -0.540. The molecule has 84 valence electrons. The van der Waals surface area contributed by atoms with E-state index in [0.29, 0.717) is 0 Å². The molecule has 0 fully saturated rings. The molecule has 0 saturated heterocycles. The predicted molar refractivity (Wildman–Crippen MR) is 64.9 cm³/mol. The predicted octanol–water partition coefficient (Wildman–Crippen LogP) is 3.61. The first-order chi connectivity index (χ1) is 7.20. The van der Waals surface area contributed by atoms with E-state index in [0.717, 1.165) is 22.6 Å². The van der Waals surface area contributed by atoms with Gasteiger partial charge in [-0.1, -0.05) is 19.1 Å². The Balaban J connectivity index is 2.97. The van der Waals surface area contributed by atoms with Crippen molar-refractivity contribution in [2.24, 2.45) is 0 Å². The number of rotatable bonds is 5. The van der Waals surface area contributed by atoms with Gasteiger partial charge in [0.05, 0.1) is 0 Å². The fourth-order valence-corrected chi connectivity index (χ4v) is 2.40. The molecule has 0 saturated carbocycles. The highest BCUT2D eigenvalue weighted by Gasteiger charge is 2.12. The Morgan fingerprint density at radius 1 is 1.47 bits per heavy atom. The van der Waals surface area contributed by atoms with Crippen LogP contribution < -0.4 is 5.32 Å². The van der Waals surface area contributed by atoms with Gasteiger partial charge in [-0.15, -0.1) is 11.8 Å². The molecule has 1 aromatic rings. The molecule has 0 radical (unpaired) electrons. The molecule has 1 aromatic carbocycles. The lowest BCUT2D eigenvalue weighted by Crippen LogP contribution is -2.13. The molecule has 0 spiro atoms. The Kier molecular flexibility index (Phi) is 5.12. The lowest BCUT2D eigenvalue weighted by atomic mass is 10.1. The lowest BCUT2D eigenvalue weighted by Gasteiger charge is -2.15. The van der Waals surface area contributed by atoms with Gasteiger partial charge in [0.25, 0.3) is 0 Å². The number of benzene rings is 1. The van der Waals surface area contributed by atoms with Crippen molar-refractivity contribution < 1.29 is 4.39 Å². The monoisotopic (exact) mass is 227 g/mol. The molecular formula is C12H18FNS. The summed E-state index contributed by atoms with van der Waals surface area (Å²) in [4.78, 5) is 0.793. The fourth-order valence-electron chi connectivity index (χ4n) is 1.38. The van der Waals surface area contributed by atoms with Gasteiger partial charge in [-0.2, -0.15) is 0 Å². The first-order valence-corrected chi connectivity index (χ1v) is 6.27. The summed E-state index contributed by atoms with van der Waals surface area (Å²) in [5.41, 5.74) is 1.05. The minimum absolute atomic E-state index is 0.104. The van der Waals surface area contributed by atoms with Gasteiger partial charge in [0.2, 0.25) is 0 Å². The number of nitrogens with one attached hydrogen (secondary N) is 1. The minimum Gasteiger partial charge on any atom is -0.313 e. The molecule has 0 aliphatic heterocycles. The number of hydrogen-bond acceptors (Lipinski definition) is 2. The largest absolute Gasteiger partial charge is 0.313 e. The molecule has 0 aromatic heterocycles. The average molecular weight is 227 g/mol. The van der Waals surface area contributed by atoms with Crippen LogP contribution in [0.5, 0.6) is 0 Å². The van der Waals surface area contributed by atoms with Crippen LogP contribution in [-0.4, -0.2) is 12.8 Å². The first kappa shape index (κ1) is 12.5. The van der Waals surface area contributed by atoms with E-state index in [2.05, 4.69) is 12.2 Å². The Labute approximate surface area is 95.5 Å². The van der Waals surface area contributed by atoms with Crippen molar-refractivity contribution in [3.05, 3.63) is 29.6 Å². The van der Waals surface area contributed by atoms with Gasteiger partial charge in [0, 0.05) is 10.9 Å². The molecule has 1 atom stereocenters. The lowest BCUT2D eigenvalue weighted by molar-refractivity contribution is 0.576. The summed E-state index contributed by atoms with van der Waals surface area (Å²) in [6, 6.07) is 5.49. The van der Waals surface area contributed by atoms with E-state index in [4.69, 9.17) is 0 Å². The van der Waals surface area contributed by atoms with Crippen molar-refractivity contribution in [1.82, 2.24) is 5.32 Å². The Morgan fingerprint density at radius 2 is 2.20 bits per heavy atom. The summed E-state index contributed by atoms with van der Waals surface area (Å²) in [5, 5.41) is 3.15. The summed E-state index contributed by atoms with van der Waals surface area (Å²) in [7, 11) is 1.89. The van der Waals surface area contributed by atoms with Crippen molar-refractivity contribution in [3.8, 4) is 0 Å². The van der Waals surface area contributed by atoms with Crippen LogP contribution in [0.25, 0.3) is 0 Å². The third-order valence-electron chi connectivity index (χ3n) is 2.35. The van der Waals surface area contributed by atoms with E-state index in [1.807, 2.05) is 20.0 Å². The second kappa shape index (κ2) is 6.13. The number of thioether (sulfide) groups is 1. The van der Waals surface area contributed by atoms with Crippen molar-refractivity contribution in [2.45, 2.75) is 31.2 Å². The maximum absolute atomic E-state index is 13.6. The average Bonchev–Trinajstić information content (AvgIpc) is 2.26. The zero-order valence-electron chi connectivity index (χ0n) is 9.51. The van der Waals surface area contributed by atoms with Gasteiger partial charge >= 0.3 is 0 Å². The highest BCUT2D eigenvalue weighted by molar-refractivity contribution is 7.99. The second-order valence-electron chi connectivity index (χ2n) is 3.52. The van der Waals surface area contributed by atoms with E-state index in [9.17, 15) is 4.39 Å². The van der Waals surface area contributed by atoms with E-state index < -0.39 is 0 Å². The summed E-state index contributed by atoms with van der Waals surface area (Å²) < 4.78 is 13.6. The van der Waals surface area contributed by atoms with Gasteiger partial charge in [-0.25, -0.2) is 4.39 Å².